The molecule has 2 aromatic heterocycles. The fourth-order valence-electron chi connectivity index (χ4n) is 5.16. The van der Waals surface area contributed by atoms with E-state index in [9.17, 15) is 9.90 Å². The van der Waals surface area contributed by atoms with Crippen LogP contribution in [-0.4, -0.2) is 23.9 Å². The summed E-state index contributed by atoms with van der Waals surface area (Å²) in [6, 6.07) is 16.4. The maximum Gasteiger partial charge on any atom is 0.162 e. The molecule has 4 nitrogen and oxygen atoms in total. The number of carbonyl (C=O) groups is 1. The number of carbonyl (C=O) groups excluding carboxylic acids is 1. The van der Waals surface area contributed by atoms with Crippen LogP contribution in [0, 0.1) is 31.7 Å². The van der Waals surface area contributed by atoms with Crippen molar-refractivity contribution >= 4 is 41.0 Å². The number of fused-ring (bicyclic) bond motifs is 3. The average molecular weight is 749 g/mol. The van der Waals surface area contributed by atoms with Crippen LogP contribution in [0.2, 0.25) is 19.6 Å². The molecule has 41 heavy (non-hydrogen) atoms. The number of furan rings is 1. The first-order valence-corrected chi connectivity index (χ1v) is 18.2. The van der Waals surface area contributed by atoms with Crippen molar-refractivity contribution in [1.29, 1.82) is 0 Å². The molecule has 6 heteroatoms. The Balaban J connectivity index is 0.000000320. The van der Waals surface area contributed by atoms with Gasteiger partial charge in [0, 0.05) is 60.7 Å². The number of hydrogen-bond acceptors (Lipinski definition) is 4. The number of hydrogen-bond donors (Lipinski definition) is 1. The number of aliphatic hydroxyl groups excluding tert-OH is 1. The molecule has 0 atom stereocenters. The molecule has 0 fully saturated rings. The number of aliphatic hydroxyl groups is 1. The number of ketones is 1. The van der Waals surface area contributed by atoms with Crippen molar-refractivity contribution in [3.05, 3.63) is 71.6 Å². The van der Waals surface area contributed by atoms with Crippen molar-refractivity contribution in [3.63, 3.8) is 0 Å². The first kappa shape index (κ1) is 34.7. The summed E-state index contributed by atoms with van der Waals surface area (Å²) in [6.45, 7) is 19.3. The zero-order valence-corrected chi connectivity index (χ0v) is 29.5. The molecule has 0 aliphatic carbocycles. The molecular weight excluding hydrogens is 703 g/mol. The molecule has 223 valence electrons. The van der Waals surface area contributed by atoms with Gasteiger partial charge in [-0.05, 0) is 37.8 Å². The third-order valence-electron chi connectivity index (χ3n) is 7.74. The first-order valence-electron chi connectivity index (χ1n) is 14.7. The van der Waals surface area contributed by atoms with Crippen LogP contribution in [0.1, 0.15) is 64.5 Å². The molecule has 1 radical (unpaired) electrons. The number of aryl methyl sites for hydroxylation is 2. The number of aromatic nitrogens is 1. The van der Waals surface area contributed by atoms with E-state index in [-0.39, 0.29) is 43.5 Å². The Morgan fingerprint density at radius 1 is 0.951 bits per heavy atom. The normalized spacial score (nSPS) is 12.0. The smallest absolute Gasteiger partial charge is 0.162 e. The Morgan fingerprint density at radius 2 is 1.59 bits per heavy atom. The van der Waals surface area contributed by atoms with Crippen LogP contribution in [0.4, 0.5) is 0 Å². The van der Waals surface area contributed by atoms with Crippen LogP contribution >= 0.6 is 0 Å². The minimum absolute atomic E-state index is 0. The van der Waals surface area contributed by atoms with Crippen LogP contribution < -0.4 is 5.19 Å². The van der Waals surface area contributed by atoms with Gasteiger partial charge in [-0.2, -0.15) is 0 Å². The van der Waals surface area contributed by atoms with Gasteiger partial charge in [-0.25, -0.2) is 0 Å². The SMILES string of the molecule is CCC(CC)C(=O)/C=C(\O)C(CC)CC.Cc1[c-]c(-c2nccc3c2oc2cc([Si](C)(C)C)ccc23)cc(C)c1.[Ir]. The number of benzene rings is 2. The number of nitrogens with zero attached hydrogens (tertiary/aromatic N) is 1. The van der Waals surface area contributed by atoms with Crippen LogP contribution in [0.5, 0.6) is 0 Å². The van der Waals surface area contributed by atoms with E-state index in [0.29, 0.717) is 0 Å². The summed E-state index contributed by atoms with van der Waals surface area (Å²) in [5, 5.41) is 13.4. The third-order valence-corrected chi connectivity index (χ3v) is 9.78. The monoisotopic (exact) mass is 749 g/mol. The van der Waals surface area contributed by atoms with E-state index < -0.39 is 8.07 Å². The Bertz CT molecular complexity index is 1470. The number of allylic oxidation sites excluding steroid dienone is 2. The van der Waals surface area contributed by atoms with Crippen molar-refractivity contribution in [1.82, 2.24) is 4.98 Å². The van der Waals surface area contributed by atoms with Gasteiger partial charge in [0.15, 0.2) is 5.78 Å². The molecule has 4 rings (SSSR count). The summed E-state index contributed by atoms with van der Waals surface area (Å²) < 4.78 is 6.29. The van der Waals surface area contributed by atoms with Gasteiger partial charge in [-0.15, -0.1) is 34.9 Å². The summed E-state index contributed by atoms with van der Waals surface area (Å²) in [5.41, 5.74) is 6.00. The Hall–Kier alpha value is -2.53. The molecule has 0 saturated heterocycles. The largest absolute Gasteiger partial charge is 0.512 e. The van der Waals surface area contributed by atoms with Crippen LogP contribution in [0.25, 0.3) is 33.2 Å². The van der Waals surface area contributed by atoms with Crippen LogP contribution in [0.15, 0.2) is 58.8 Å². The second-order valence-corrected chi connectivity index (χ2v) is 16.9. The minimum atomic E-state index is -1.37. The Kier molecular flexibility index (Phi) is 12.8. The minimum Gasteiger partial charge on any atom is -0.512 e. The molecule has 1 N–H and O–H groups in total. The summed E-state index contributed by atoms with van der Waals surface area (Å²) >= 11 is 0. The van der Waals surface area contributed by atoms with Gasteiger partial charge in [0.2, 0.25) is 0 Å². The quantitative estimate of drug-likeness (QED) is 0.0802. The fourth-order valence-corrected chi connectivity index (χ4v) is 6.31. The van der Waals surface area contributed by atoms with Gasteiger partial charge in [-0.1, -0.05) is 78.5 Å². The van der Waals surface area contributed by atoms with Crippen molar-refractivity contribution in [2.24, 2.45) is 11.8 Å². The number of rotatable bonds is 9. The van der Waals surface area contributed by atoms with Gasteiger partial charge in [0.1, 0.15) is 11.2 Å². The molecule has 0 amide bonds. The standard InChI is InChI=1S/C22H22NOSi.C13H24O2.Ir/c1-14-10-15(2)12-16(11-14)21-22-19(8-9-23-21)18-7-6-17(25(3,4)5)13-20(18)24-22;1-5-10(6-2)12(14)9-13(15)11(7-3)8-4;/h6-11,13H,1-5H3;9-11,14H,5-8H2,1-4H3;/q-1;;/b;12-9-;. The Labute approximate surface area is 261 Å². The second-order valence-electron chi connectivity index (χ2n) is 11.9. The van der Waals surface area contributed by atoms with Gasteiger partial charge in [0.25, 0.3) is 0 Å². The predicted octanol–water partition coefficient (Wildman–Crippen LogP) is 9.48. The molecule has 2 heterocycles. The van der Waals surface area contributed by atoms with E-state index in [1.54, 1.807) is 0 Å². The molecule has 0 aliphatic rings. The average Bonchev–Trinajstić information content (AvgIpc) is 3.27. The van der Waals surface area contributed by atoms with E-state index in [1.807, 2.05) is 40.0 Å². The zero-order chi connectivity index (χ0) is 29.6. The maximum absolute atomic E-state index is 11.7. The molecule has 4 aromatic rings. The molecular formula is C35H46IrNO3Si-. The van der Waals surface area contributed by atoms with Gasteiger partial charge < -0.3 is 14.5 Å². The van der Waals surface area contributed by atoms with E-state index in [2.05, 4.69) is 74.9 Å². The Morgan fingerprint density at radius 3 is 2.15 bits per heavy atom. The fraction of sp³-hybridized carbons (Fsp3) is 0.429. The van der Waals surface area contributed by atoms with Crippen molar-refractivity contribution < 1.29 is 34.4 Å². The predicted molar refractivity (Wildman–Crippen MR) is 172 cm³/mol. The molecule has 2 aromatic carbocycles. The third kappa shape index (κ3) is 8.50. The first-order chi connectivity index (χ1) is 18.9. The molecule has 0 aliphatic heterocycles. The van der Waals surface area contributed by atoms with E-state index in [4.69, 9.17) is 4.42 Å². The van der Waals surface area contributed by atoms with Crippen LogP contribution in [0.3, 0.4) is 0 Å². The molecule has 0 unspecified atom stereocenters. The van der Waals surface area contributed by atoms with E-state index in [1.165, 1.54) is 16.8 Å². The van der Waals surface area contributed by atoms with Crippen molar-refractivity contribution in [3.8, 4) is 11.3 Å². The van der Waals surface area contributed by atoms with Gasteiger partial charge in [0.05, 0.1) is 13.8 Å². The summed E-state index contributed by atoms with van der Waals surface area (Å²) in [7, 11) is -1.37. The van der Waals surface area contributed by atoms with Gasteiger partial charge >= 0.3 is 0 Å². The number of pyridine rings is 1. The maximum atomic E-state index is 11.7. The van der Waals surface area contributed by atoms with Crippen molar-refractivity contribution in [2.75, 3.05) is 0 Å². The zero-order valence-electron chi connectivity index (χ0n) is 26.1. The second kappa shape index (κ2) is 15.1. The van der Waals surface area contributed by atoms with Crippen molar-refractivity contribution in [2.45, 2.75) is 86.9 Å². The summed E-state index contributed by atoms with van der Waals surface area (Å²) in [6.07, 6.45) is 6.77. The molecule has 0 bridgehead atoms. The molecule has 0 spiro atoms. The summed E-state index contributed by atoms with van der Waals surface area (Å²) in [5.74, 6) is 0.547. The van der Waals surface area contributed by atoms with Crippen LogP contribution in [-0.2, 0) is 24.9 Å². The van der Waals surface area contributed by atoms with E-state index in [0.717, 1.165) is 64.4 Å². The topological polar surface area (TPSA) is 63.3 Å². The van der Waals surface area contributed by atoms with E-state index >= 15 is 0 Å². The summed E-state index contributed by atoms with van der Waals surface area (Å²) in [4.78, 5) is 16.3. The van der Waals surface area contributed by atoms with Gasteiger partial charge in [-0.3, -0.25) is 4.79 Å². The molecule has 0 saturated carbocycles.